The molecule has 1 aromatic carbocycles. The molecule has 2 aliphatic rings. The lowest BCUT2D eigenvalue weighted by Crippen LogP contribution is -2.55. The van der Waals surface area contributed by atoms with E-state index < -0.39 is 0 Å². The molecule has 1 spiro atoms. The zero-order chi connectivity index (χ0) is 17.8. The zero-order valence-electron chi connectivity index (χ0n) is 15.4. The van der Waals surface area contributed by atoms with Crippen molar-refractivity contribution in [2.24, 2.45) is 0 Å². The Bertz CT molecular complexity index is 697. The van der Waals surface area contributed by atoms with Crippen LogP contribution < -0.4 is 0 Å². The van der Waals surface area contributed by atoms with Gasteiger partial charge >= 0.3 is 0 Å². The van der Waals surface area contributed by atoms with Crippen LogP contribution in [0.25, 0.3) is 11.4 Å². The van der Waals surface area contributed by atoms with Crippen LogP contribution in [0.15, 0.2) is 42.7 Å². The lowest BCUT2D eigenvalue weighted by Gasteiger charge is -2.48. The summed E-state index contributed by atoms with van der Waals surface area (Å²) in [4.78, 5) is 11.6. The highest BCUT2D eigenvalue weighted by Gasteiger charge is 2.44. The largest absolute Gasteiger partial charge is 0.378 e. The highest BCUT2D eigenvalue weighted by Crippen LogP contribution is 2.37. The van der Waals surface area contributed by atoms with Gasteiger partial charge in [-0.2, -0.15) is 0 Å². The maximum absolute atomic E-state index is 6.20. The number of ether oxygens (including phenoxy) is 2. The summed E-state index contributed by atoms with van der Waals surface area (Å²) >= 11 is 0. The topological polar surface area (TPSA) is 47.5 Å². The summed E-state index contributed by atoms with van der Waals surface area (Å²) in [5.74, 6) is 0.783. The van der Waals surface area contributed by atoms with Gasteiger partial charge in [0.1, 0.15) is 0 Å². The van der Waals surface area contributed by atoms with Crippen molar-refractivity contribution in [1.82, 2.24) is 14.9 Å². The number of hydrogen-bond acceptors (Lipinski definition) is 5. The molecular weight excluding hydrogens is 326 g/mol. The van der Waals surface area contributed by atoms with Gasteiger partial charge in [0.05, 0.1) is 11.7 Å². The molecule has 2 saturated heterocycles. The average Bonchev–Trinajstić information content (AvgIpc) is 2.71. The van der Waals surface area contributed by atoms with Crippen molar-refractivity contribution in [3.8, 4) is 11.4 Å². The lowest BCUT2D eigenvalue weighted by molar-refractivity contribution is -0.186. The molecule has 2 fully saturated rings. The fourth-order valence-electron chi connectivity index (χ4n) is 4.22. The van der Waals surface area contributed by atoms with E-state index in [4.69, 9.17) is 9.47 Å². The number of rotatable bonds is 4. The van der Waals surface area contributed by atoms with E-state index >= 15 is 0 Å². The summed E-state index contributed by atoms with van der Waals surface area (Å²) in [6.07, 6.45) is 8.44. The van der Waals surface area contributed by atoms with Crippen molar-refractivity contribution in [3.63, 3.8) is 0 Å². The van der Waals surface area contributed by atoms with Crippen LogP contribution in [0.2, 0.25) is 0 Å². The maximum Gasteiger partial charge on any atom is 0.159 e. The molecule has 0 aliphatic carbocycles. The van der Waals surface area contributed by atoms with E-state index in [1.165, 1.54) is 0 Å². The lowest BCUT2D eigenvalue weighted by atomic mass is 9.82. The SMILES string of the molecule is COC1CCCOC12CCN(Cc1cnc(-c3ccccc3)nc1)CC2. The van der Waals surface area contributed by atoms with Gasteiger partial charge in [-0.05, 0) is 25.7 Å². The number of benzene rings is 1. The highest BCUT2D eigenvalue weighted by atomic mass is 16.5. The first-order valence-corrected chi connectivity index (χ1v) is 9.54. The molecule has 0 amide bonds. The molecule has 5 heteroatoms. The Hall–Kier alpha value is -1.82. The van der Waals surface area contributed by atoms with Crippen molar-refractivity contribution < 1.29 is 9.47 Å². The van der Waals surface area contributed by atoms with Gasteiger partial charge in [0.15, 0.2) is 5.82 Å². The molecule has 138 valence electrons. The van der Waals surface area contributed by atoms with E-state index in [9.17, 15) is 0 Å². The molecule has 0 radical (unpaired) electrons. The first kappa shape index (κ1) is 17.6. The van der Waals surface area contributed by atoms with E-state index in [0.717, 1.165) is 68.9 Å². The van der Waals surface area contributed by atoms with Gasteiger partial charge in [0.2, 0.25) is 0 Å². The van der Waals surface area contributed by atoms with Crippen molar-refractivity contribution in [2.75, 3.05) is 26.8 Å². The minimum absolute atomic E-state index is 0.0723. The van der Waals surface area contributed by atoms with E-state index in [-0.39, 0.29) is 11.7 Å². The number of nitrogens with zero attached hydrogens (tertiary/aromatic N) is 3. The van der Waals surface area contributed by atoms with Gasteiger partial charge in [0, 0.05) is 56.9 Å². The average molecular weight is 353 g/mol. The molecule has 1 aromatic heterocycles. The monoisotopic (exact) mass is 353 g/mol. The number of aromatic nitrogens is 2. The number of piperidine rings is 1. The van der Waals surface area contributed by atoms with Crippen molar-refractivity contribution in [1.29, 1.82) is 0 Å². The predicted octanol–water partition coefficient (Wildman–Crippen LogP) is 3.30. The van der Waals surface area contributed by atoms with Gasteiger partial charge in [-0.15, -0.1) is 0 Å². The minimum Gasteiger partial charge on any atom is -0.378 e. The summed E-state index contributed by atoms with van der Waals surface area (Å²) in [6, 6.07) is 10.1. The number of hydrogen-bond donors (Lipinski definition) is 0. The molecule has 0 N–H and O–H groups in total. The van der Waals surface area contributed by atoms with Crippen LogP contribution in [0.5, 0.6) is 0 Å². The van der Waals surface area contributed by atoms with Crippen LogP contribution in [0, 0.1) is 0 Å². The highest BCUT2D eigenvalue weighted by molar-refractivity contribution is 5.53. The van der Waals surface area contributed by atoms with Crippen LogP contribution in [0.3, 0.4) is 0 Å². The number of methoxy groups -OCH3 is 1. The van der Waals surface area contributed by atoms with Crippen LogP contribution in [0.4, 0.5) is 0 Å². The van der Waals surface area contributed by atoms with Gasteiger partial charge in [-0.1, -0.05) is 30.3 Å². The Labute approximate surface area is 155 Å². The summed E-state index contributed by atoms with van der Waals surface area (Å²) in [6.45, 7) is 3.82. The van der Waals surface area contributed by atoms with Crippen molar-refractivity contribution >= 4 is 0 Å². The zero-order valence-corrected chi connectivity index (χ0v) is 15.4. The Balaban J connectivity index is 1.36. The van der Waals surface area contributed by atoms with Crippen molar-refractivity contribution in [3.05, 3.63) is 48.3 Å². The Morgan fingerprint density at radius 1 is 1.15 bits per heavy atom. The molecule has 1 unspecified atom stereocenters. The predicted molar refractivity (Wildman–Crippen MR) is 101 cm³/mol. The Morgan fingerprint density at radius 3 is 2.58 bits per heavy atom. The van der Waals surface area contributed by atoms with Crippen LogP contribution >= 0.6 is 0 Å². The maximum atomic E-state index is 6.20. The molecular formula is C21H27N3O2. The molecule has 26 heavy (non-hydrogen) atoms. The fraction of sp³-hybridized carbons (Fsp3) is 0.524. The Kier molecular flexibility index (Phi) is 5.29. The van der Waals surface area contributed by atoms with Gasteiger partial charge in [-0.3, -0.25) is 4.90 Å². The third kappa shape index (κ3) is 3.65. The van der Waals surface area contributed by atoms with Gasteiger partial charge in [0.25, 0.3) is 0 Å². The standard InChI is InChI=1S/C21H27N3O2/c1-25-19-8-5-13-26-21(19)9-11-24(12-10-21)16-17-14-22-20(23-15-17)18-6-3-2-4-7-18/h2-4,6-7,14-15,19H,5,8-13,16H2,1H3. The van der Waals surface area contributed by atoms with E-state index in [1.807, 2.05) is 49.8 Å². The van der Waals surface area contributed by atoms with Gasteiger partial charge in [-0.25, -0.2) is 9.97 Å². The second-order valence-corrected chi connectivity index (χ2v) is 7.34. The molecule has 4 rings (SSSR count). The van der Waals surface area contributed by atoms with E-state index in [1.54, 1.807) is 0 Å². The molecule has 2 aromatic rings. The molecule has 0 saturated carbocycles. The van der Waals surface area contributed by atoms with Crippen LogP contribution in [-0.2, 0) is 16.0 Å². The Morgan fingerprint density at radius 2 is 1.88 bits per heavy atom. The van der Waals surface area contributed by atoms with Gasteiger partial charge < -0.3 is 9.47 Å². The minimum atomic E-state index is -0.0723. The smallest absolute Gasteiger partial charge is 0.159 e. The summed E-state index contributed by atoms with van der Waals surface area (Å²) < 4.78 is 11.9. The fourth-order valence-corrected chi connectivity index (χ4v) is 4.22. The summed E-state index contributed by atoms with van der Waals surface area (Å²) in [5, 5.41) is 0. The normalized spacial score (nSPS) is 23.2. The molecule has 0 bridgehead atoms. The number of likely N-dealkylation sites (tertiary alicyclic amines) is 1. The van der Waals surface area contributed by atoms with Crippen molar-refractivity contribution in [2.45, 2.75) is 43.9 Å². The van der Waals surface area contributed by atoms with Crippen LogP contribution in [0.1, 0.15) is 31.2 Å². The summed E-state index contributed by atoms with van der Waals surface area (Å²) in [7, 11) is 1.82. The first-order chi connectivity index (χ1) is 12.8. The second-order valence-electron chi connectivity index (χ2n) is 7.34. The van der Waals surface area contributed by atoms with E-state index in [2.05, 4.69) is 14.9 Å². The van der Waals surface area contributed by atoms with E-state index in [0.29, 0.717) is 0 Å². The summed E-state index contributed by atoms with van der Waals surface area (Å²) in [5.41, 5.74) is 2.14. The molecule has 2 aliphatic heterocycles. The third-order valence-electron chi connectivity index (χ3n) is 5.72. The first-order valence-electron chi connectivity index (χ1n) is 9.54. The third-order valence-corrected chi connectivity index (χ3v) is 5.72. The van der Waals surface area contributed by atoms with Crippen LogP contribution in [-0.4, -0.2) is 53.4 Å². The molecule has 1 atom stereocenters. The molecule has 3 heterocycles. The molecule has 5 nitrogen and oxygen atoms in total. The second kappa shape index (κ2) is 7.82. The quantitative estimate of drug-likeness (QED) is 0.844.